The molecule has 1 unspecified atom stereocenters. The minimum Gasteiger partial charge on any atom is -0.207 e. The number of benzene rings is 1. The van der Waals surface area contributed by atoms with Crippen molar-refractivity contribution in [2.45, 2.75) is 11.0 Å². The molecule has 1 aromatic rings. The third kappa shape index (κ3) is 2.69. The first-order chi connectivity index (χ1) is 5.91. The van der Waals surface area contributed by atoms with Crippen LogP contribution in [-0.2, 0) is 0 Å². The Morgan fingerprint density at radius 3 is 2.31 bits per heavy atom. The van der Waals surface area contributed by atoms with E-state index in [1.165, 1.54) is 12.1 Å². The van der Waals surface area contributed by atoms with Gasteiger partial charge in [-0.05, 0) is 17.7 Å². The van der Waals surface area contributed by atoms with Crippen LogP contribution in [0.2, 0.25) is 0 Å². The summed E-state index contributed by atoms with van der Waals surface area (Å²) in [4.78, 5) is -1.81. The highest BCUT2D eigenvalue weighted by atomic mass is 79.9. The summed E-state index contributed by atoms with van der Waals surface area (Å²) in [5.74, 6) is -0.675. The van der Waals surface area contributed by atoms with E-state index in [4.69, 9.17) is 0 Å². The predicted octanol–water partition coefficient (Wildman–Crippen LogP) is 3.82. The largest absolute Gasteiger partial charge is 0.405 e. The zero-order valence-corrected chi connectivity index (χ0v) is 7.86. The van der Waals surface area contributed by atoms with Crippen LogP contribution in [0.15, 0.2) is 24.3 Å². The van der Waals surface area contributed by atoms with Crippen LogP contribution >= 0.6 is 15.9 Å². The highest BCUT2D eigenvalue weighted by Gasteiger charge is 2.38. The normalized spacial score (nSPS) is 14.2. The molecule has 0 nitrogen and oxygen atoms in total. The van der Waals surface area contributed by atoms with Gasteiger partial charge in [0.2, 0.25) is 0 Å². The summed E-state index contributed by atoms with van der Waals surface area (Å²) in [7, 11) is 0. The van der Waals surface area contributed by atoms with Gasteiger partial charge in [-0.1, -0.05) is 28.1 Å². The minimum absolute atomic E-state index is 0.132. The molecule has 72 valence electrons. The Balaban J connectivity index is 2.96. The van der Waals surface area contributed by atoms with E-state index in [0.717, 1.165) is 12.1 Å². The van der Waals surface area contributed by atoms with Crippen LogP contribution in [0, 0.1) is 5.82 Å². The average molecular weight is 257 g/mol. The monoisotopic (exact) mass is 256 g/mol. The van der Waals surface area contributed by atoms with E-state index in [0.29, 0.717) is 0 Å². The van der Waals surface area contributed by atoms with Crippen LogP contribution in [0.25, 0.3) is 0 Å². The van der Waals surface area contributed by atoms with E-state index < -0.39 is 16.8 Å². The first kappa shape index (κ1) is 10.5. The minimum atomic E-state index is -4.40. The van der Waals surface area contributed by atoms with Gasteiger partial charge < -0.3 is 0 Å². The lowest BCUT2D eigenvalue weighted by Gasteiger charge is -2.13. The van der Waals surface area contributed by atoms with Crippen LogP contribution < -0.4 is 0 Å². The van der Waals surface area contributed by atoms with Crippen molar-refractivity contribution in [3.63, 3.8) is 0 Å². The Bertz CT molecular complexity index is 294. The molecule has 0 bridgehead atoms. The Labute approximate surface area is 80.7 Å². The van der Waals surface area contributed by atoms with E-state index in [1.807, 2.05) is 0 Å². The molecule has 0 spiro atoms. The molecule has 13 heavy (non-hydrogen) atoms. The lowest BCUT2D eigenvalue weighted by molar-refractivity contribution is -0.128. The number of alkyl halides is 4. The van der Waals surface area contributed by atoms with Crippen molar-refractivity contribution in [3.8, 4) is 0 Å². The lowest BCUT2D eigenvalue weighted by Crippen LogP contribution is -2.15. The van der Waals surface area contributed by atoms with Crippen molar-refractivity contribution in [1.29, 1.82) is 0 Å². The quantitative estimate of drug-likeness (QED) is 0.529. The molecule has 5 heteroatoms. The molecule has 0 saturated carbocycles. The molecule has 1 atom stereocenters. The fraction of sp³-hybridized carbons (Fsp3) is 0.250. The Kier molecular flexibility index (Phi) is 2.95. The van der Waals surface area contributed by atoms with Gasteiger partial charge in [-0.2, -0.15) is 13.2 Å². The zero-order valence-electron chi connectivity index (χ0n) is 6.28. The van der Waals surface area contributed by atoms with Crippen LogP contribution in [0.1, 0.15) is 10.4 Å². The summed E-state index contributed by atoms with van der Waals surface area (Å²) in [5.41, 5.74) is -0.132. The molecular formula is C8H5BrF4. The molecule has 0 aliphatic carbocycles. The van der Waals surface area contributed by atoms with Crippen LogP contribution in [0.3, 0.4) is 0 Å². The first-order valence-corrected chi connectivity index (χ1v) is 4.29. The summed E-state index contributed by atoms with van der Waals surface area (Å²) >= 11 is 2.45. The van der Waals surface area contributed by atoms with E-state index in [-0.39, 0.29) is 5.56 Å². The van der Waals surface area contributed by atoms with Crippen molar-refractivity contribution < 1.29 is 17.6 Å². The third-order valence-electron chi connectivity index (χ3n) is 1.43. The molecule has 0 aromatic heterocycles. The second kappa shape index (κ2) is 3.65. The van der Waals surface area contributed by atoms with Gasteiger partial charge in [-0.25, -0.2) is 4.39 Å². The number of hydrogen-bond acceptors (Lipinski definition) is 0. The summed E-state index contributed by atoms with van der Waals surface area (Å²) < 4.78 is 48.8. The number of hydrogen-bond donors (Lipinski definition) is 0. The predicted molar refractivity (Wildman–Crippen MR) is 44.1 cm³/mol. The zero-order chi connectivity index (χ0) is 10.1. The highest BCUT2D eigenvalue weighted by molar-refractivity contribution is 9.09. The second-order valence-electron chi connectivity index (χ2n) is 2.46. The summed E-state index contributed by atoms with van der Waals surface area (Å²) in [6.07, 6.45) is -4.40. The van der Waals surface area contributed by atoms with Gasteiger partial charge in [0, 0.05) is 0 Å². The van der Waals surface area contributed by atoms with Crippen molar-refractivity contribution in [1.82, 2.24) is 0 Å². The molecule has 1 rings (SSSR count). The molecule has 0 aliphatic rings. The maximum absolute atomic E-state index is 12.5. The van der Waals surface area contributed by atoms with Crippen molar-refractivity contribution >= 4 is 15.9 Å². The Hall–Kier alpha value is -0.580. The summed E-state index contributed by atoms with van der Waals surface area (Å²) in [5, 5.41) is 0. The summed E-state index contributed by atoms with van der Waals surface area (Å²) in [6.45, 7) is 0. The van der Waals surface area contributed by atoms with Crippen molar-refractivity contribution in [2.24, 2.45) is 0 Å². The lowest BCUT2D eigenvalue weighted by atomic mass is 10.1. The van der Waals surface area contributed by atoms with E-state index >= 15 is 0 Å². The van der Waals surface area contributed by atoms with Gasteiger partial charge in [0.15, 0.2) is 0 Å². The number of halogens is 5. The summed E-state index contributed by atoms with van der Waals surface area (Å²) in [6, 6.07) is 4.41. The molecule has 0 saturated heterocycles. The molecular weight excluding hydrogens is 252 g/mol. The third-order valence-corrected chi connectivity index (χ3v) is 2.48. The van der Waals surface area contributed by atoms with Gasteiger partial charge in [0.25, 0.3) is 0 Å². The standard InChI is InChI=1S/C8H5BrF4/c9-7(8(11,12)13)5-2-1-3-6(10)4-5/h1-4,7H. The van der Waals surface area contributed by atoms with Crippen LogP contribution in [-0.4, -0.2) is 6.18 Å². The Morgan fingerprint density at radius 1 is 1.23 bits per heavy atom. The molecule has 0 amide bonds. The van der Waals surface area contributed by atoms with Gasteiger partial charge in [-0.3, -0.25) is 0 Å². The van der Waals surface area contributed by atoms with E-state index in [2.05, 4.69) is 15.9 Å². The van der Waals surface area contributed by atoms with Gasteiger partial charge >= 0.3 is 6.18 Å². The smallest absolute Gasteiger partial charge is 0.207 e. The Morgan fingerprint density at radius 2 is 1.85 bits per heavy atom. The molecule has 1 aromatic carbocycles. The molecule has 0 N–H and O–H groups in total. The van der Waals surface area contributed by atoms with E-state index in [1.54, 1.807) is 0 Å². The maximum atomic E-state index is 12.5. The molecule has 0 radical (unpaired) electrons. The second-order valence-corrected chi connectivity index (χ2v) is 3.37. The fourth-order valence-electron chi connectivity index (χ4n) is 0.853. The van der Waals surface area contributed by atoms with Crippen LogP contribution in [0.4, 0.5) is 17.6 Å². The van der Waals surface area contributed by atoms with E-state index in [9.17, 15) is 17.6 Å². The van der Waals surface area contributed by atoms with Gasteiger partial charge in [-0.15, -0.1) is 0 Å². The SMILES string of the molecule is Fc1cccc(C(Br)C(F)(F)F)c1. The molecule has 0 heterocycles. The van der Waals surface area contributed by atoms with Gasteiger partial charge in [0.1, 0.15) is 10.6 Å². The van der Waals surface area contributed by atoms with Crippen LogP contribution in [0.5, 0.6) is 0 Å². The average Bonchev–Trinajstić information content (AvgIpc) is 2.01. The highest BCUT2D eigenvalue weighted by Crippen LogP contribution is 2.39. The maximum Gasteiger partial charge on any atom is 0.405 e. The first-order valence-electron chi connectivity index (χ1n) is 3.37. The molecule has 0 aliphatic heterocycles. The fourth-order valence-corrected chi connectivity index (χ4v) is 1.14. The molecule has 0 fully saturated rings. The van der Waals surface area contributed by atoms with Gasteiger partial charge in [0.05, 0.1) is 0 Å². The topological polar surface area (TPSA) is 0 Å². The van der Waals surface area contributed by atoms with Crippen molar-refractivity contribution in [3.05, 3.63) is 35.6 Å². The van der Waals surface area contributed by atoms with Crippen molar-refractivity contribution in [2.75, 3.05) is 0 Å². The number of rotatable bonds is 1.